The monoisotopic (exact) mass is 278 g/mol. The molecule has 0 amide bonds. The molecule has 1 saturated carbocycles. The maximum Gasteiger partial charge on any atom is 0.248 e. The van der Waals surface area contributed by atoms with Crippen molar-refractivity contribution in [2.45, 2.75) is 25.7 Å². The van der Waals surface area contributed by atoms with Crippen LogP contribution in [0.15, 0.2) is 27.1 Å². The van der Waals surface area contributed by atoms with Gasteiger partial charge in [0.1, 0.15) is 0 Å². The normalized spacial score (nSPS) is 15.4. The second kappa shape index (κ2) is 3.70. The lowest BCUT2D eigenvalue weighted by Gasteiger charge is -2.02. The highest BCUT2D eigenvalue weighted by molar-refractivity contribution is 9.10. The van der Waals surface area contributed by atoms with Crippen LogP contribution in [-0.2, 0) is 0 Å². The lowest BCUT2D eigenvalue weighted by Crippen LogP contribution is -1.84. The molecule has 0 spiro atoms. The molecule has 1 fully saturated rings. The van der Waals surface area contributed by atoms with Crippen LogP contribution in [-0.4, -0.2) is 10.2 Å². The smallest absolute Gasteiger partial charge is 0.248 e. The van der Waals surface area contributed by atoms with Crippen LogP contribution in [0.2, 0.25) is 0 Å². The molecular weight excluding hydrogens is 268 g/mol. The van der Waals surface area contributed by atoms with Crippen molar-refractivity contribution in [3.8, 4) is 11.5 Å². The number of rotatable bonds is 2. The molecule has 16 heavy (non-hydrogen) atoms. The molecule has 3 rings (SSSR count). The Labute approximate surface area is 102 Å². The van der Waals surface area contributed by atoms with Crippen molar-refractivity contribution < 1.29 is 4.42 Å². The highest BCUT2D eigenvalue weighted by Gasteiger charge is 2.29. The van der Waals surface area contributed by atoms with E-state index in [-0.39, 0.29) is 0 Å². The summed E-state index contributed by atoms with van der Waals surface area (Å²) in [5, 5.41) is 8.21. The van der Waals surface area contributed by atoms with Crippen LogP contribution in [0.5, 0.6) is 0 Å². The quantitative estimate of drug-likeness (QED) is 0.841. The zero-order valence-corrected chi connectivity index (χ0v) is 10.5. The molecule has 0 N–H and O–H groups in total. The van der Waals surface area contributed by atoms with E-state index in [9.17, 15) is 0 Å². The molecular formula is C12H11BrN2O. The van der Waals surface area contributed by atoms with Gasteiger partial charge < -0.3 is 4.42 Å². The van der Waals surface area contributed by atoms with Gasteiger partial charge in [0, 0.05) is 16.0 Å². The maximum atomic E-state index is 5.69. The van der Waals surface area contributed by atoms with Crippen molar-refractivity contribution >= 4 is 15.9 Å². The molecule has 0 aliphatic heterocycles. The second-order valence-corrected chi connectivity index (χ2v) is 4.99. The Bertz CT molecular complexity index is 532. The van der Waals surface area contributed by atoms with Crippen LogP contribution in [0.4, 0.5) is 0 Å². The van der Waals surface area contributed by atoms with E-state index in [0.29, 0.717) is 11.8 Å². The molecule has 3 nitrogen and oxygen atoms in total. The Kier molecular flexibility index (Phi) is 2.32. The van der Waals surface area contributed by atoms with Gasteiger partial charge in [0.15, 0.2) is 0 Å². The van der Waals surface area contributed by atoms with Crippen molar-refractivity contribution in [1.82, 2.24) is 10.2 Å². The average molecular weight is 279 g/mol. The molecule has 0 radical (unpaired) electrons. The number of nitrogens with zero attached hydrogens (tertiary/aromatic N) is 2. The summed E-state index contributed by atoms with van der Waals surface area (Å²) < 4.78 is 6.75. The van der Waals surface area contributed by atoms with Crippen LogP contribution in [0, 0.1) is 6.92 Å². The van der Waals surface area contributed by atoms with Crippen LogP contribution >= 0.6 is 15.9 Å². The van der Waals surface area contributed by atoms with Gasteiger partial charge in [-0.15, -0.1) is 10.2 Å². The minimum Gasteiger partial charge on any atom is -0.420 e. The molecule has 1 aliphatic rings. The highest BCUT2D eigenvalue weighted by Crippen LogP contribution is 2.40. The molecule has 4 heteroatoms. The van der Waals surface area contributed by atoms with Gasteiger partial charge in [-0.05, 0) is 37.5 Å². The fourth-order valence-electron chi connectivity index (χ4n) is 1.68. The summed E-state index contributed by atoms with van der Waals surface area (Å²) in [6, 6.07) is 5.99. The number of halogens is 1. The van der Waals surface area contributed by atoms with Crippen LogP contribution in [0.3, 0.4) is 0 Å². The lowest BCUT2D eigenvalue weighted by molar-refractivity contribution is 0.508. The molecule has 0 unspecified atom stereocenters. The second-order valence-electron chi connectivity index (χ2n) is 4.13. The van der Waals surface area contributed by atoms with Crippen LogP contribution in [0.1, 0.15) is 30.2 Å². The topological polar surface area (TPSA) is 38.9 Å². The Morgan fingerprint density at radius 2 is 2.12 bits per heavy atom. The summed E-state index contributed by atoms with van der Waals surface area (Å²) >= 11 is 3.50. The van der Waals surface area contributed by atoms with Gasteiger partial charge in [0.25, 0.3) is 0 Å². The highest BCUT2D eigenvalue weighted by atomic mass is 79.9. The van der Waals surface area contributed by atoms with E-state index in [1.165, 1.54) is 12.8 Å². The van der Waals surface area contributed by atoms with Crippen molar-refractivity contribution in [1.29, 1.82) is 0 Å². The van der Waals surface area contributed by atoms with Gasteiger partial charge in [0.05, 0.1) is 0 Å². The average Bonchev–Trinajstić information content (AvgIpc) is 3.02. The fourth-order valence-corrected chi connectivity index (χ4v) is 2.04. The van der Waals surface area contributed by atoms with E-state index >= 15 is 0 Å². The van der Waals surface area contributed by atoms with Crippen molar-refractivity contribution in [3.05, 3.63) is 34.1 Å². The summed E-state index contributed by atoms with van der Waals surface area (Å²) in [4.78, 5) is 0. The van der Waals surface area contributed by atoms with Crippen LogP contribution in [0.25, 0.3) is 11.5 Å². The zero-order chi connectivity index (χ0) is 11.1. The first-order valence-electron chi connectivity index (χ1n) is 5.34. The largest absolute Gasteiger partial charge is 0.420 e. The Morgan fingerprint density at radius 3 is 2.88 bits per heavy atom. The standard InChI is InChI=1S/C12H11BrN2O/c1-7-9(3-2-4-10(7)13)12-15-14-11(16-12)8-5-6-8/h2-4,8H,5-6H2,1H3. The molecule has 2 aromatic rings. The molecule has 82 valence electrons. The van der Waals surface area contributed by atoms with Gasteiger partial charge in [-0.25, -0.2) is 0 Å². The van der Waals surface area contributed by atoms with Gasteiger partial charge in [0.2, 0.25) is 11.8 Å². The Hall–Kier alpha value is -1.16. The number of hydrogen-bond acceptors (Lipinski definition) is 3. The minimum absolute atomic E-state index is 0.508. The molecule has 1 aromatic heterocycles. The number of hydrogen-bond donors (Lipinski definition) is 0. The van der Waals surface area contributed by atoms with E-state index in [1.807, 2.05) is 25.1 Å². The van der Waals surface area contributed by atoms with E-state index < -0.39 is 0 Å². The van der Waals surface area contributed by atoms with Crippen molar-refractivity contribution in [2.24, 2.45) is 0 Å². The first kappa shape index (κ1) is 10.0. The molecule has 0 bridgehead atoms. The predicted molar refractivity (Wildman–Crippen MR) is 64.1 cm³/mol. The Morgan fingerprint density at radius 1 is 1.31 bits per heavy atom. The molecule has 1 aromatic carbocycles. The van der Waals surface area contributed by atoms with Gasteiger partial charge in [-0.1, -0.05) is 22.0 Å². The summed E-state index contributed by atoms with van der Waals surface area (Å²) in [5.41, 5.74) is 2.14. The third-order valence-corrected chi connectivity index (χ3v) is 3.72. The summed E-state index contributed by atoms with van der Waals surface area (Å²) in [7, 11) is 0. The summed E-state index contributed by atoms with van der Waals surface area (Å²) in [5.74, 6) is 1.92. The van der Waals surface area contributed by atoms with Crippen molar-refractivity contribution in [2.75, 3.05) is 0 Å². The summed E-state index contributed by atoms with van der Waals surface area (Å²) in [6.07, 6.45) is 2.36. The van der Waals surface area contributed by atoms with E-state index in [4.69, 9.17) is 4.42 Å². The third-order valence-electron chi connectivity index (χ3n) is 2.87. The van der Waals surface area contributed by atoms with Gasteiger partial charge >= 0.3 is 0 Å². The van der Waals surface area contributed by atoms with Gasteiger partial charge in [-0.3, -0.25) is 0 Å². The SMILES string of the molecule is Cc1c(Br)cccc1-c1nnc(C2CC2)o1. The molecule has 0 atom stereocenters. The van der Waals surface area contributed by atoms with E-state index in [0.717, 1.165) is 21.5 Å². The summed E-state index contributed by atoms with van der Waals surface area (Å²) in [6.45, 7) is 2.04. The maximum absolute atomic E-state index is 5.69. The number of benzene rings is 1. The van der Waals surface area contributed by atoms with E-state index in [1.54, 1.807) is 0 Å². The van der Waals surface area contributed by atoms with E-state index in [2.05, 4.69) is 26.1 Å². The van der Waals surface area contributed by atoms with Crippen LogP contribution < -0.4 is 0 Å². The zero-order valence-electron chi connectivity index (χ0n) is 8.90. The first-order valence-corrected chi connectivity index (χ1v) is 6.14. The lowest BCUT2D eigenvalue weighted by atomic mass is 10.1. The molecule has 1 aliphatic carbocycles. The minimum atomic E-state index is 0.508. The molecule has 1 heterocycles. The first-order chi connectivity index (χ1) is 7.75. The predicted octanol–water partition coefficient (Wildman–Crippen LogP) is 3.68. The van der Waals surface area contributed by atoms with Crippen molar-refractivity contribution in [3.63, 3.8) is 0 Å². The van der Waals surface area contributed by atoms with Gasteiger partial charge in [-0.2, -0.15) is 0 Å². The fraction of sp³-hybridized carbons (Fsp3) is 0.333. The number of aromatic nitrogens is 2. The Balaban J connectivity index is 2.03. The molecule has 0 saturated heterocycles. The third kappa shape index (κ3) is 1.67.